The number of hydrogen-bond donors (Lipinski definition) is 1. The number of ether oxygens (including phenoxy) is 1. The van der Waals surface area contributed by atoms with Crippen LogP contribution in [0.2, 0.25) is 0 Å². The fraction of sp³-hybridized carbons (Fsp3) is 0.462. The summed E-state index contributed by atoms with van der Waals surface area (Å²) in [7, 11) is 1.64. The van der Waals surface area contributed by atoms with E-state index in [-0.39, 0.29) is 11.4 Å². The molecule has 0 unspecified atom stereocenters. The van der Waals surface area contributed by atoms with E-state index in [0.29, 0.717) is 18.7 Å². The molecule has 0 atom stereocenters. The van der Waals surface area contributed by atoms with Crippen molar-refractivity contribution in [3.63, 3.8) is 0 Å². The summed E-state index contributed by atoms with van der Waals surface area (Å²) in [4.78, 5) is 0. The third-order valence-corrected chi connectivity index (χ3v) is 2.36. The highest BCUT2D eigenvalue weighted by Crippen LogP contribution is 2.10. The summed E-state index contributed by atoms with van der Waals surface area (Å²) in [5, 5.41) is 12.0. The zero-order chi connectivity index (χ0) is 12.9. The average Bonchev–Trinajstić information content (AvgIpc) is 2.26. The molecule has 0 bridgehead atoms. The Morgan fingerprint density at radius 3 is 2.71 bits per heavy atom. The molecule has 0 radical (unpaired) electrons. The fourth-order valence-corrected chi connectivity index (χ4v) is 1.57. The molecule has 1 N–H and O–H groups in total. The predicted molar refractivity (Wildman–Crippen MR) is 63.9 cm³/mol. The molecule has 1 aromatic rings. The predicted octanol–water partition coefficient (Wildman–Crippen LogP) is 2.21. The van der Waals surface area contributed by atoms with Crippen molar-refractivity contribution in [2.45, 2.75) is 25.9 Å². The molecule has 0 aliphatic heterocycles. The highest BCUT2D eigenvalue weighted by molar-refractivity contribution is 5.33. The van der Waals surface area contributed by atoms with Crippen molar-refractivity contribution in [1.29, 1.82) is 5.26 Å². The van der Waals surface area contributed by atoms with Crippen molar-refractivity contribution in [3.05, 3.63) is 35.1 Å². The Morgan fingerprint density at radius 2 is 2.12 bits per heavy atom. The SMILES string of the molecule is COCC(C)(C)NCc1cc(F)cc(C#N)c1. The van der Waals surface area contributed by atoms with Crippen molar-refractivity contribution in [1.82, 2.24) is 5.32 Å². The third kappa shape index (κ3) is 4.51. The van der Waals surface area contributed by atoms with Crippen LogP contribution in [0.4, 0.5) is 4.39 Å². The van der Waals surface area contributed by atoms with Gasteiger partial charge in [-0.2, -0.15) is 5.26 Å². The monoisotopic (exact) mass is 236 g/mol. The summed E-state index contributed by atoms with van der Waals surface area (Å²) in [5.74, 6) is -0.384. The van der Waals surface area contributed by atoms with E-state index < -0.39 is 0 Å². The van der Waals surface area contributed by atoms with Gasteiger partial charge in [0.25, 0.3) is 0 Å². The molecule has 92 valence electrons. The molecule has 0 saturated heterocycles. The van der Waals surface area contributed by atoms with Crippen LogP contribution >= 0.6 is 0 Å². The first-order chi connectivity index (χ1) is 7.96. The molecule has 0 fully saturated rings. The van der Waals surface area contributed by atoms with Gasteiger partial charge in [0.05, 0.1) is 18.2 Å². The molecule has 4 heteroatoms. The Morgan fingerprint density at radius 1 is 1.41 bits per heavy atom. The van der Waals surface area contributed by atoms with Crippen LogP contribution in [-0.4, -0.2) is 19.3 Å². The lowest BCUT2D eigenvalue weighted by Crippen LogP contribution is -2.42. The van der Waals surface area contributed by atoms with Crippen molar-refractivity contribution in [2.24, 2.45) is 0 Å². The first-order valence-electron chi connectivity index (χ1n) is 5.40. The normalized spacial score (nSPS) is 11.2. The standard InChI is InChI=1S/C13H17FN2O/c1-13(2,9-17-3)16-8-11-4-10(7-15)5-12(14)6-11/h4-6,16H,8-9H2,1-3H3. The Kier molecular flexibility index (Phi) is 4.62. The van der Waals surface area contributed by atoms with Gasteiger partial charge in [-0.3, -0.25) is 0 Å². The number of benzene rings is 1. The molecule has 0 spiro atoms. The maximum absolute atomic E-state index is 13.2. The molecule has 0 heterocycles. The maximum atomic E-state index is 13.2. The Balaban J connectivity index is 2.70. The molecule has 0 amide bonds. The average molecular weight is 236 g/mol. The molecule has 0 aliphatic rings. The highest BCUT2D eigenvalue weighted by Gasteiger charge is 2.16. The molecular formula is C13H17FN2O. The van der Waals surface area contributed by atoms with Crippen LogP contribution in [-0.2, 0) is 11.3 Å². The van der Waals surface area contributed by atoms with Crippen LogP contribution in [0.1, 0.15) is 25.0 Å². The summed E-state index contributed by atoms with van der Waals surface area (Å²) < 4.78 is 18.3. The number of hydrogen-bond acceptors (Lipinski definition) is 3. The quantitative estimate of drug-likeness (QED) is 0.852. The van der Waals surface area contributed by atoms with Crippen LogP contribution < -0.4 is 5.32 Å². The number of halogens is 1. The first-order valence-corrected chi connectivity index (χ1v) is 5.40. The lowest BCUT2D eigenvalue weighted by atomic mass is 10.1. The first kappa shape index (κ1) is 13.6. The van der Waals surface area contributed by atoms with Crippen molar-refractivity contribution in [2.75, 3.05) is 13.7 Å². The fourth-order valence-electron chi connectivity index (χ4n) is 1.57. The van der Waals surface area contributed by atoms with E-state index in [4.69, 9.17) is 10.00 Å². The molecular weight excluding hydrogens is 219 g/mol. The van der Waals surface area contributed by atoms with Crippen LogP contribution in [0.5, 0.6) is 0 Å². The lowest BCUT2D eigenvalue weighted by molar-refractivity contribution is 0.127. The number of nitrogens with zero attached hydrogens (tertiary/aromatic N) is 1. The van der Waals surface area contributed by atoms with E-state index in [2.05, 4.69) is 5.32 Å². The van der Waals surface area contributed by atoms with E-state index in [1.54, 1.807) is 13.2 Å². The second-order valence-corrected chi connectivity index (χ2v) is 4.63. The second kappa shape index (κ2) is 5.76. The van der Waals surface area contributed by atoms with Gasteiger partial charge in [-0.25, -0.2) is 4.39 Å². The van der Waals surface area contributed by atoms with Crippen LogP contribution in [0.15, 0.2) is 18.2 Å². The van der Waals surface area contributed by atoms with Gasteiger partial charge in [-0.15, -0.1) is 0 Å². The molecule has 0 saturated carbocycles. The van der Waals surface area contributed by atoms with E-state index in [0.717, 1.165) is 5.56 Å². The summed E-state index contributed by atoms with van der Waals surface area (Å²) in [5.41, 5.74) is 0.908. The van der Waals surface area contributed by atoms with E-state index in [1.165, 1.54) is 12.1 Å². The molecule has 0 aromatic heterocycles. The molecule has 17 heavy (non-hydrogen) atoms. The number of rotatable bonds is 5. The van der Waals surface area contributed by atoms with Gasteiger partial charge in [0, 0.05) is 19.2 Å². The van der Waals surface area contributed by atoms with Gasteiger partial charge in [-0.05, 0) is 37.6 Å². The minimum absolute atomic E-state index is 0.187. The summed E-state index contributed by atoms with van der Waals surface area (Å²) in [6.45, 7) is 5.07. The zero-order valence-corrected chi connectivity index (χ0v) is 10.4. The zero-order valence-electron chi connectivity index (χ0n) is 10.4. The van der Waals surface area contributed by atoms with Crippen molar-refractivity contribution >= 4 is 0 Å². The second-order valence-electron chi connectivity index (χ2n) is 4.63. The Hall–Kier alpha value is -1.44. The van der Waals surface area contributed by atoms with E-state index >= 15 is 0 Å². The molecule has 1 aromatic carbocycles. The summed E-state index contributed by atoms with van der Waals surface area (Å²) >= 11 is 0. The molecule has 3 nitrogen and oxygen atoms in total. The maximum Gasteiger partial charge on any atom is 0.124 e. The van der Waals surface area contributed by atoms with Gasteiger partial charge in [0.15, 0.2) is 0 Å². The van der Waals surface area contributed by atoms with Gasteiger partial charge >= 0.3 is 0 Å². The lowest BCUT2D eigenvalue weighted by Gasteiger charge is -2.25. The van der Waals surface area contributed by atoms with Crippen LogP contribution in [0.3, 0.4) is 0 Å². The minimum atomic E-state index is -0.384. The number of methoxy groups -OCH3 is 1. The molecule has 0 aliphatic carbocycles. The Labute approximate surface area is 101 Å². The van der Waals surface area contributed by atoms with Gasteiger partial charge in [0.2, 0.25) is 0 Å². The Bertz CT molecular complexity index is 424. The summed E-state index contributed by atoms with van der Waals surface area (Å²) in [6, 6.07) is 6.27. The van der Waals surface area contributed by atoms with Crippen LogP contribution in [0.25, 0.3) is 0 Å². The van der Waals surface area contributed by atoms with Gasteiger partial charge in [0.1, 0.15) is 5.82 Å². The molecule has 1 rings (SSSR count). The summed E-state index contributed by atoms with van der Waals surface area (Å²) in [6.07, 6.45) is 0. The number of nitrogens with one attached hydrogen (secondary N) is 1. The largest absolute Gasteiger partial charge is 0.383 e. The topological polar surface area (TPSA) is 45.0 Å². The van der Waals surface area contributed by atoms with Crippen molar-refractivity contribution < 1.29 is 9.13 Å². The van der Waals surface area contributed by atoms with E-state index in [9.17, 15) is 4.39 Å². The van der Waals surface area contributed by atoms with Gasteiger partial charge < -0.3 is 10.1 Å². The highest BCUT2D eigenvalue weighted by atomic mass is 19.1. The van der Waals surface area contributed by atoms with E-state index in [1.807, 2.05) is 19.9 Å². The third-order valence-electron chi connectivity index (χ3n) is 2.36. The van der Waals surface area contributed by atoms with Crippen LogP contribution in [0, 0.1) is 17.1 Å². The minimum Gasteiger partial charge on any atom is -0.383 e. The smallest absolute Gasteiger partial charge is 0.124 e. The van der Waals surface area contributed by atoms with Gasteiger partial charge in [-0.1, -0.05) is 0 Å². The van der Waals surface area contributed by atoms with Crippen molar-refractivity contribution in [3.8, 4) is 6.07 Å². The number of nitriles is 1.